The molecule has 0 amide bonds. The zero-order valence-electron chi connectivity index (χ0n) is 10.2. The highest BCUT2D eigenvalue weighted by Crippen LogP contribution is 2.12. The second kappa shape index (κ2) is 5.49. The first kappa shape index (κ1) is 11.7. The van der Waals surface area contributed by atoms with Gasteiger partial charge in [0.1, 0.15) is 5.76 Å². The molecule has 98 valence electrons. The van der Waals surface area contributed by atoms with Crippen LogP contribution in [0.1, 0.15) is 5.76 Å². The van der Waals surface area contributed by atoms with E-state index in [1.54, 1.807) is 24.7 Å². The van der Waals surface area contributed by atoms with Gasteiger partial charge in [0.2, 0.25) is 5.82 Å². The van der Waals surface area contributed by atoms with Crippen LogP contribution >= 0.6 is 0 Å². The molecular formula is C12H13N5O2. The predicted molar refractivity (Wildman–Crippen MR) is 65.9 cm³/mol. The van der Waals surface area contributed by atoms with Gasteiger partial charge in [-0.3, -0.25) is 0 Å². The van der Waals surface area contributed by atoms with Crippen molar-refractivity contribution in [3.8, 4) is 11.6 Å². The third-order valence-corrected chi connectivity index (χ3v) is 2.56. The van der Waals surface area contributed by atoms with Crippen LogP contribution in [0.5, 0.6) is 0 Å². The second-order valence-electron chi connectivity index (χ2n) is 3.94. The molecular weight excluding hydrogens is 246 g/mol. The zero-order chi connectivity index (χ0) is 12.9. The molecule has 0 fully saturated rings. The van der Waals surface area contributed by atoms with E-state index in [1.165, 1.54) is 4.80 Å². The molecule has 3 aromatic rings. The van der Waals surface area contributed by atoms with Crippen molar-refractivity contribution in [2.45, 2.75) is 13.1 Å². The molecule has 0 bridgehead atoms. The van der Waals surface area contributed by atoms with Crippen LogP contribution in [0.2, 0.25) is 0 Å². The maximum Gasteiger partial charge on any atom is 0.240 e. The lowest BCUT2D eigenvalue weighted by Gasteiger charge is -2.00. The average molecular weight is 259 g/mol. The van der Waals surface area contributed by atoms with Crippen LogP contribution in [0.15, 0.2) is 45.6 Å². The zero-order valence-corrected chi connectivity index (χ0v) is 10.2. The Labute approximate surface area is 109 Å². The van der Waals surface area contributed by atoms with E-state index in [4.69, 9.17) is 8.83 Å². The molecule has 0 aliphatic rings. The maximum atomic E-state index is 5.21. The molecule has 3 aromatic heterocycles. The van der Waals surface area contributed by atoms with Crippen LogP contribution in [0, 0.1) is 0 Å². The predicted octanol–water partition coefficient (Wildman–Crippen LogP) is 1.32. The number of hydrogen-bond donors (Lipinski definition) is 1. The molecule has 3 rings (SSSR count). The van der Waals surface area contributed by atoms with Crippen LogP contribution in [0.3, 0.4) is 0 Å². The largest absolute Gasteiger partial charge is 0.468 e. The highest BCUT2D eigenvalue weighted by atomic mass is 16.3. The number of tetrazole rings is 1. The molecule has 7 heteroatoms. The summed E-state index contributed by atoms with van der Waals surface area (Å²) in [5, 5.41) is 15.3. The fourth-order valence-corrected chi connectivity index (χ4v) is 1.65. The molecule has 0 radical (unpaired) electrons. The number of nitrogens with one attached hydrogen (secondary N) is 1. The van der Waals surface area contributed by atoms with Gasteiger partial charge < -0.3 is 14.2 Å². The van der Waals surface area contributed by atoms with Gasteiger partial charge in [-0.2, -0.15) is 4.80 Å². The summed E-state index contributed by atoms with van der Waals surface area (Å²) < 4.78 is 10.4. The van der Waals surface area contributed by atoms with Crippen molar-refractivity contribution in [1.82, 2.24) is 25.5 Å². The smallest absolute Gasteiger partial charge is 0.240 e. The Morgan fingerprint density at radius 1 is 1.16 bits per heavy atom. The summed E-state index contributed by atoms with van der Waals surface area (Å²) in [6, 6.07) is 7.39. The van der Waals surface area contributed by atoms with Crippen LogP contribution in [0.25, 0.3) is 11.6 Å². The first-order chi connectivity index (χ1) is 9.42. The Hall–Kier alpha value is -2.41. The van der Waals surface area contributed by atoms with Gasteiger partial charge >= 0.3 is 0 Å². The lowest BCUT2D eigenvalue weighted by atomic mass is 10.4. The van der Waals surface area contributed by atoms with Crippen molar-refractivity contribution in [2.24, 2.45) is 0 Å². The molecule has 0 aliphatic heterocycles. The van der Waals surface area contributed by atoms with Crippen molar-refractivity contribution in [2.75, 3.05) is 6.54 Å². The van der Waals surface area contributed by atoms with Crippen molar-refractivity contribution in [1.29, 1.82) is 0 Å². The van der Waals surface area contributed by atoms with E-state index in [1.807, 2.05) is 12.1 Å². The van der Waals surface area contributed by atoms with Crippen LogP contribution in [-0.2, 0) is 13.1 Å². The minimum atomic E-state index is 0.496. The molecule has 0 aromatic carbocycles. The van der Waals surface area contributed by atoms with Gasteiger partial charge in [-0.25, -0.2) is 0 Å². The van der Waals surface area contributed by atoms with E-state index >= 15 is 0 Å². The topological polar surface area (TPSA) is 81.9 Å². The first-order valence-corrected chi connectivity index (χ1v) is 5.96. The summed E-state index contributed by atoms with van der Waals surface area (Å²) in [4.78, 5) is 1.53. The van der Waals surface area contributed by atoms with E-state index in [9.17, 15) is 0 Å². The van der Waals surface area contributed by atoms with Crippen molar-refractivity contribution in [3.05, 3.63) is 42.6 Å². The quantitative estimate of drug-likeness (QED) is 0.672. The van der Waals surface area contributed by atoms with Crippen LogP contribution in [0.4, 0.5) is 0 Å². The number of rotatable bonds is 6. The lowest BCUT2D eigenvalue weighted by Crippen LogP contribution is -2.20. The normalized spacial score (nSPS) is 10.9. The standard InChI is InChI=1S/C12H13N5O2/c1-3-10(18-7-1)9-13-5-6-17-15-12(14-16-17)11-4-2-8-19-11/h1-4,7-8,13H,5-6,9H2. The molecule has 0 saturated heterocycles. The van der Waals surface area contributed by atoms with Gasteiger partial charge in [0, 0.05) is 6.54 Å². The third kappa shape index (κ3) is 2.89. The summed E-state index contributed by atoms with van der Waals surface area (Å²) in [6.07, 6.45) is 3.24. The first-order valence-electron chi connectivity index (χ1n) is 5.96. The molecule has 0 aliphatic carbocycles. The van der Waals surface area contributed by atoms with Gasteiger partial charge in [0.05, 0.1) is 25.6 Å². The van der Waals surface area contributed by atoms with Gasteiger partial charge in [0.15, 0.2) is 5.76 Å². The third-order valence-electron chi connectivity index (χ3n) is 2.56. The minimum absolute atomic E-state index is 0.496. The molecule has 0 atom stereocenters. The minimum Gasteiger partial charge on any atom is -0.468 e. The molecule has 3 heterocycles. The molecule has 0 unspecified atom stereocenters. The van der Waals surface area contributed by atoms with Gasteiger partial charge in [0.25, 0.3) is 0 Å². The van der Waals surface area contributed by atoms with Crippen LogP contribution in [-0.4, -0.2) is 26.8 Å². The van der Waals surface area contributed by atoms with Gasteiger partial charge in [-0.15, -0.1) is 10.2 Å². The van der Waals surface area contributed by atoms with E-state index in [0.717, 1.165) is 12.3 Å². The SMILES string of the molecule is c1coc(CNCCn2nnc(-c3ccco3)n2)c1. The molecule has 1 N–H and O–H groups in total. The monoisotopic (exact) mass is 259 g/mol. The highest BCUT2D eigenvalue weighted by Gasteiger charge is 2.07. The summed E-state index contributed by atoms with van der Waals surface area (Å²) in [5.74, 6) is 2.02. The molecule has 7 nitrogen and oxygen atoms in total. The summed E-state index contributed by atoms with van der Waals surface area (Å²) in [7, 11) is 0. The number of hydrogen-bond acceptors (Lipinski definition) is 6. The fraction of sp³-hybridized carbons (Fsp3) is 0.250. The average Bonchev–Trinajstić information content (AvgIpc) is 3.15. The van der Waals surface area contributed by atoms with E-state index < -0.39 is 0 Å². The Morgan fingerprint density at radius 2 is 2.05 bits per heavy atom. The highest BCUT2D eigenvalue weighted by molar-refractivity contribution is 5.43. The van der Waals surface area contributed by atoms with Crippen molar-refractivity contribution < 1.29 is 8.83 Å². The van der Waals surface area contributed by atoms with Crippen molar-refractivity contribution in [3.63, 3.8) is 0 Å². The van der Waals surface area contributed by atoms with E-state index in [2.05, 4.69) is 20.7 Å². The molecule has 19 heavy (non-hydrogen) atoms. The van der Waals surface area contributed by atoms with Gasteiger partial charge in [-0.1, -0.05) is 0 Å². The van der Waals surface area contributed by atoms with Gasteiger partial charge in [-0.05, 0) is 29.5 Å². The second-order valence-corrected chi connectivity index (χ2v) is 3.94. The maximum absolute atomic E-state index is 5.21. The van der Waals surface area contributed by atoms with E-state index in [0.29, 0.717) is 24.7 Å². The number of aromatic nitrogens is 4. The van der Waals surface area contributed by atoms with Crippen molar-refractivity contribution >= 4 is 0 Å². The van der Waals surface area contributed by atoms with Crippen LogP contribution < -0.4 is 5.32 Å². The number of nitrogens with zero attached hydrogens (tertiary/aromatic N) is 4. The summed E-state index contributed by atoms with van der Waals surface area (Å²) >= 11 is 0. The Bertz CT molecular complexity index is 600. The Balaban J connectivity index is 1.48. The lowest BCUT2D eigenvalue weighted by molar-refractivity contribution is 0.453. The Kier molecular flexibility index (Phi) is 3.37. The Morgan fingerprint density at radius 3 is 2.84 bits per heavy atom. The molecule has 0 saturated carbocycles. The fourth-order valence-electron chi connectivity index (χ4n) is 1.65. The summed E-state index contributed by atoms with van der Waals surface area (Å²) in [5.41, 5.74) is 0. The number of furan rings is 2. The molecule has 0 spiro atoms. The van der Waals surface area contributed by atoms with E-state index in [-0.39, 0.29) is 0 Å². The summed E-state index contributed by atoms with van der Waals surface area (Å²) in [6.45, 7) is 2.05.